The van der Waals surface area contributed by atoms with Crippen LogP contribution in [0.4, 0.5) is 10.1 Å². The highest BCUT2D eigenvalue weighted by Gasteiger charge is 2.16. The van der Waals surface area contributed by atoms with Gasteiger partial charge in [0.1, 0.15) is 5.82 Å². The van der Waals surface area contributed by atoms with Crippen molar-refractivity contribution in [2.45, 2.75) is 27.3 Å². The van der Waals surface area contributed by atoms with Gasteiger partial charge in [0.2, 0.25) is 0 Å². The number of carbonyl (C=O) groups is 1. The van der Waals surface area contributed by atoms with Crippen molar-refractivity contribution < 1.29 is 9.18 Å². The first-order chi connectivity index (χ1) is 12.3. The Bertz CT molecular complexity index is 964. The second-order valence-electron chi connectivity index (χ2n) is 6.26. The van der Waals surface area contributed by atoms with E-state index in [0.717, 1.165) is 16.8 Å². The maximum atomic E-state index is 13.2. The smallest absolute Gasteiger partial charge is 0.255 e. The Labute approximate surface area is 156 Å². The highest BCUT2D eigenvalue weighted by atomic mass is 35.5. The third-order valence-corrected chi connectivity index (χ3v) is 4.62. The van der Waals surface area contributed by atoms with Gasteiger partial charge in [-0.3, -0.25) is 9.48 Å². The molecule has 1 amide bonds. The lowest BCUT2D eigenvalue weighted by Crippen LogP contribution is -2.13. The number of anilines is 1. The van der Waals surface area contributed by atoms with Gasteiger partial charge >= 0.3 is 0 Å². The maximum Gasteiger partial charge on any atom is 0.255 e. The van der Waals surface area contributed by atoms with Crippen LogP contribution in [0.25, 0.3) is 0 Å². The molecule has 134 valence electrons. The lowest BCUT2D eigenvalue weighted by Gasteiger charge is -2.09. The molecule has 2 aromatic carbocycles. The van der Waals surface area contributed by atoms with Gasteiger partial charge in [0, 0.05) is 10.6 Å². The second kappa shape index (κ2) is 7.30. The molecule has 0 radical (unpaired) electrons. The normalized spacial score (nSPS) is 10.8. The van der Waals surface area contributed by atoms with Gasteiger partial charge in [-0.1, -0.05) is 35.4 Å². The molecule has 0 atom stereocenters. The molecule has 0 spiro atoms. The lowest BCUT2D eigenvalue weighted by molar-refractivity contribution is 0.102. The Morgan fingerprint density at radius 3 is 2.50 bits per heavy atom. The zero-order valence-corrected chi connectivity index (χ0v) is 15.6. The van der Waals surface area contributed by atoms with E-state index < -0.39 is 0 Å². The monoisotopic (exact) mass is 371 g/mol. The minimum Gasteiger partial charge on any atom is -0.319 e. The summed E-state index contributed by atoms with van der Waals surface area (Å²) in [4.78, 5) is 12.5. The third kappa shape index (κ3) is 3.78. The summed E-state index contributed by atoms with van der Waals surface area (Å²) in [6.45, 7) is 6.08. The summed E-state index contributed by atoms with van der Waals surface area (Å²) in [6.07, 6.45) is 0. The van der Waals surface area contributed by atoms with E-state index in [1.807, 2.05) is 32.9 Å². The van der Waals surface area contributed by atoms with Crippen molar-refractivity contribution in [2.75, 3.05) is 5.32 Å². The number of rotatable bonds is 4. The lowest BCUT2D eigenvalue weighted by atomic mass is 10.1. The van der Waals surface area contributed by atoms with Gasteiger partial charge in [-0.25, -0.2) is 4.39 Å². The number of aromatic nitrogens is 2. The average molecular weight is 372 g/mol. The van der Waals surface area contributed by atoms with Gasteiger partial charge in [-0.2, -0.15) is 5.10 Å². The van der Waals surface area contributed by atoms with Crippen molar-refractivity contribution in [3.05, 3.63) is 81.4 Å². The van der Waals surface area contributed by atoms with Gasteiger partial charge < -0.3 is 5.32 Å². The number of nitrogens with one attached hydrogen (secondary N) is 1. The van der Waals surface area contributed by atoms with Crippen LogP contribution < -0.4 is 5.32 Å². The summed E-state index contributed by atoms with van der Waals surface area (Å²) < 4.78 is 15.0. The van der Waals surface area contributed by atoms with Crippen LogP contribution >= 0.6 is 11.6 Å². The van der Waals surface area contributed by atoms with E-state index >= 15 is 0 Å². The predicted octanol–water partition coefficient (Wildman–Crippen LogP) is 4.90. The van der Waals surface area contributed by atoms with Gasteiger partial charge in [0.15, 0.2) is 0 Å². The largest absolute Gasteiger partial charge is 0.319 e. The molecule has 0 aliphatic rings. The molecule has 3 aromatic rings. The molecule has 1 N–H and O–H groups in total. The van der Waals surface area contributed by atoms with Crippen LogP contribution in [0.2, 0.25) is 5.02 Å². The zero-order chi connectivity index (χ0) is 18.8. The van der Waals surface area contributed by atoms with Gasteiger partial charge in [0.25, 0.3) is 5.91 Å². The molecular weight excluding hydrogens is 353 g/mol. The molecule has 3 rings (SSSR count). The summed E-state index contributed by atoms with van der Waals surface area (Å²) in [7, 11) is 0. The van der Waals surface area contributed by atoms with Crippen molar-refractivity contribution in [3.63, 3.8) is 0 Å². The highest BCUT2D eigenvalue weighted by molar-refractivity contribution is 6.31. The number of hydrogen-bond acceptors (Lipinski definition) is 2. The molecule has 6 heteroatoms. The van der Waals surface area contributed by atoms with E-state index in [4.69, 9.17) is 11.6 Å². The molecule has 4 nitrogen and oxygen atoms in total. The molecule has 0 fully saturated rings. The Kier molecular flexibility index (Phi) is 5.09. The number of benzene rings is 2. The number of nitrogens with zero attached hydrogens (tertiary/aromatic N) is 2. The molecule has 26 heavy (non-hydrogen) atoms. The fourth-order valence-electron chi connectivity index (χ4n) is 2.73. The standard InChI is InChI=1S/C20H19ClFN3O/c1-12-4-6-15(7-5-12)20(26)23-19-13(2)24-25(14(19)3)11-16-8-9-17(22)10-18(16)21/h4-10H,11H2,1-3H3,(H,23,26). The van der Waals surface area contributed by atoms with Gasteiger partial charge in [0.05, 0.1) is 23.6 Å². The number of amides is 1. The summed E-state index contributed by atoms with van der Waals surface area (Å²) in [5, 5.41) is 7.76. The molecule has 0 unspecified atom stereocenters. The van der Waals surface area contributed by atoms with E-state index in [0.29, 0.717) is 28.5 Å². The van der Waals surface area contributed by atoms with E-state index in [1.165, 1.54) is 12.1 Å². The number of carbonyl (C=O) groups excluding carboxylic acids is 1. The number of aryl methyl sites for hydroxylation is 2. The van der Waals surface area contributed by atoms with Gasteiger partial charge in [-0.15, -0.1) is 0 Å². The SMILES string of the molecule is Cc1ccc(C(=O)Nc2c(C)nn(Cc3ccc(F)cc3Cl)c2C)cc1. The minimum atomic E-state index is -0.377. The van der Waals surface area contributed by atoms with Crippen LogP contribution in [0, 0.1) is 26.6 Å². The minimum absolute atomic E-state index is 0.185. The third-order valence-electron chi connectivity index (χ3n) is 4.27. The summed E-state index contributed by atoms with van der Waals surface area (Å²) >= 11 is 6.10. The van der Waals surface area contributed by atoms with E-state index in [9.17, 15) is 9.18 Å². The number of hydrogen-bond donors (Lipinski definition) is 1. The number of halogens is 2. The average Bonchev–Trinajstić information content (AvgIpc) is 2.85. The Hall–Kier alpha value is -2.66. The zero-order valence-electron chi connectivity index (χ0n) is 14.8. The fourth-order valence-corrected chi connectivity index (χ4v) is 2.96. The van der Waals surface area contributed by atoms with E-state index in [-0.39, 0.29) is 11.7 Å². The van der Waals surface area contributed by atoms with E-state index in [2.05, 4.69) is 10.4 Å². The van der Waals surface area contributed by atoms with Crippen molar-refractivity contribution in [1.82, 2.24) is 9.78 Å². The first-order valence-corrected chi connectivity index (χ1v) is 8.59. The second-order valence-corrected chi connectivity index (χ2v) is 6.67. The van der Waals surface area contributed by atoms with Crippen LogP contribution in [-0.4, -0.2) is 15.7 Å². The van der Waals surface area contributed by atoms with Crippen LogP contribution in [0.5, 0.6) is 0 Å². The molecule has 0 saturated carbocycles. The molecule has 1 aromatic heterocycles. The van der Waals surface area contributed by atoms with Gasteiger partial charge in [-0.05, 0) is 50.6 Å². The Morgan fingerprint density at radius 1 is 1.15 bits per heavy atom. The first kappa shape index (κ1) is 18.1. The Balaban J connectivity index is 1.83. The van der Waals surface area contributed by atoms with Crippen LogP contribution in [0.3, 0.4) is 0 Å². The molecule has 0 bridgehead atoms. The summed E-state index contributed by atoms with van der Waals surface area (Å²) in [5.74, 6) is -0.561. The van der Waals surface area contributed by atoms with Crippen LogP contribution in [-0.2, 0) is 6.54 Å². The molecular formula is C20H19ClFN3O. The quantitative estimate of drug-likeness (QED) is 0.708. The maximum absolute atomic E-state index is 13.2. The van der Waals surface area contributed by atoms with Crippen molar-refractivity contribution in [2.24, 2.45) is 0 Å². The molecule has 0 aliphatic heterocycles. The van der Waals surface area contributed by atoms with Crippen molar-refractivity contribution in [1.29, 1.82) is 0 Å². The molecule has 0 saturated heterocycles. The highest BCUT2D eigenvalue weighted by Crippen LogP contribution is 2.24. The molecule has 0 aliphatic carbocycles. The first-order valence-electron chi connectivity index (χ1n) is 8.21. The molecule has 1 heterocycles. The topological polar surface area (TPSA) is 46.9 Å². The van der Waals surface area contributed by atoms with E-state index in [1.54, 1.807) is 22.9 Å². The van der Waals surface area contributed by atoms with Crippen molar-refractivity contribution >= 4 is 23.2 Å². The van der Waals surface area contributed by atoms with Crippen LogP contribution in [0.15, 0.2) is 42.5 Å². The summed E-state index contributed by atoms with van der Waals surface area (Å²) in [6, 6.07) is 11.7. The predicted molar refractivity (Wildman–Crippen MR) is 101 cm³/mol. The summed E-state index contributed by atoms with van der Waals surface area (Å²) in [5.41, 5.74) is 4.63. The fraction of sp³-hybridized carbons (Fsp3) is 0.200. The van der Waals surface area contributed by atoms with Crippen LogP contribution in [0.1, 0.15) is 32.9 Å². The Morgan fingerprint density at radius 2 is 1.85 bits per heavy atom. The van der Waals surface area contributed by atoms with Crippen molar-refractivity contribution in [3.8, 4) is 0 Å².